The van der Waals surface area contributed by atoms with Crippen molar-refractivity contribution in [2.75, 3.05) is 12.3 Å². The topological polar surface area (TPSA) is 119 Å². The molecule has 8 nitrogen and oxygen atoms in total. The van der Waals surface area contributed by atoms with E-state index in [1.54, 1.807) is 0 Å². The van der Waals surface area contributed by atoms with Crippen LogP contribution in [-0.4, -0.2) is 54.7 Å². The van der Waals surface area contributed by atoms with E-state index in [0.717, 1.165) is 0 Å². The number of rotatable bonds is 2. The summed E-state index contributed by atoms with van der Waals surface area (Å²) in [5.41, 5.74) is 6.06. The molecule has 20 heavy (non-hydrogen) atoms. The van der Waals surface area contributed by atoms with Gasteiger partial charge in [-0.15, -0.1) is 0 Å². The highest BCUT2D eigenvalue weighted by atomic mass is 35.5. The number of hydrogen-bond donors (Lipinski definition) is 3. The first-order chi connectivity index (χ1) is 9.54. The van der Waals surface area contributed by atoms with Gasteiger partial charge in [-0.05, 0) is 11.6 Å². The molecule has 0 spiro atoms. The minimum Gasteiger partial charge on any atom is -0.394 e. The minimum atomic E-state index is -1.78. The van der Waals surface area contributed by atoms with Crippen LogP contribution in [0.4, 0.5) is 10.2 Å². The zero-order chi connectivity index (χ0) is 14.4. The van der Waals surface area contributed by atoms with Crippen LogP contribution >= 0.6 is 11.6 Å². The van der Waals surface area contributed by atoms with Crippen molar-refractivity contribution < 1.29 is 19.3 Å². The molecule has 1 aliphatic rings. The Morgan fingerprint density at radius 2 is 2.25 bits per heavy atom. The zero-order valence-electron chi connectivity index (χ0n) is 10.0. The van der Waals surface area contributed by atoms with Crippen molar-refractivity contribution >= 4 is 28.6 Å². The highest BCUT2D eigenvalue weighted by Crippen LogP contribution is 2.36. The van der Waals surface area contributed by atoms with Crippen LogP contribution in [0.3, 0.4) is 0 Å². The van der Waals surface area contributed by atoms with Gasteiger partial charge in [0.25, 0.3) is 0 Å². The van der Waals surface area contributed by atoms with E-state index in [1.165, 1.54) is 10.9 Å². The van der Waals surface area contributed by atoms with Crippen molar-refractivity contribution in [2.24, 2.45) is 0 Å². The molecule has 0 radical (unpaired) electrons. The second-order valence-corrected chi connectivity index (χ2v) is 4.70. The van der Waals surface area contributed by atoms with Crippen LogP contribution in [0.5, 0.6) is 0 Å². The first-order valence-electron chi connectivity index (χ1n) is 5.77. The van der Waals surface area contributed by atoms with Gasteiger partial charge in [0, 0.05) is 0 Å². The second-order valence-electron chi connectivity index (χ2n) is 4.36. The number of hydrogen-bond acceptors (Lipinski definition) is 7. The molecule has 1 saturated heterocycles. The van der Waals surface area contributed by atoms with Crippen molar-refractivity contribution in [2.45, 2.75) is 24.6 Å². The number of imidazole rings is 1. The molecular weight excluding hydrogens is 293 g/mol. The van der Waals surface area contributed by atoms with Crippen LogP contribution in [-0.2, 0) is 4.74 Å². The van der Waals surface area contributed by atoms with E-state index in [9.17, 15) is 9.50 Å². The first-order valence-corrected chi connectivity index (χ1v) is 6.14. The predicted molar refractivity (Wildman–Crippen MR) is 66.6 cm³/mol. The first kappa shape index (κ1) is 13.4. The predicted octanol–water partition coefficient (Wildman–Crippen LogP) is -0.349. The number of fused-ring (bicyclic) bond motifs is 1. The number of aliphatic hydroxyl groups is 2. The van der Waals surface area contributed by atoms with E-state index in [1.807, 2.05) is 0 Å². The molecule has 0 amide bonds. The number of halogens is 2. The molecule has 4 N–H and O–H groups in total. The monoisotopic (exact) mass is 303 g/mol. The lowest BCUT2D eigenvalue weighted by Crippen LogP contribution is -2.30. The summed E-state index contributed by atoms with van der Waals surface area (Å²) in [4.78, 5) is 11.7. The molecule has 2 aromatic heterocycles. The van der Waals surface area contributed by atoms with E-state index >= 15 is 0 Å². The van der Waals surface area contributed by atoms with Crippen molar-refractivity contribution in [1.29, 1.82) is 0 Å². The van der Waals surface area contributed by atoms with Gasteiger partial charge in [-0.25, -0.2) is 19.3 Å². The molecule has 1 fully saturated rings. The van der Waals surface area contributed by atoms with Gasteiger partial charge in [-0.2, -0.15) is 0 Å². The van der Waals surface area contributed by atoms with Gasteiger partial charge in [0.15, 0.2) is 29.4 Å². The fourth-order valence-corrected chi connectivity index (χ4v) is 2.45. The van der Waals surface area contributed by atoms with E-state index in [4.69, 9.17) is 27.2 Å². The Kier molecular flexibility index (Phi) is 3.21. The Morgan fingerprint density at radius 1 is 1.50 bits per heavy atom. The van der Waals surface area contributed by atoms with Gasteiger partial charge >= 0.3 is 0 Å². The van der Waals surface area contributed by atoms with E-state index < -0.39 is 31.2 Å². The highest BCUT2D eigenvalue weighted by molar-refractivity contribution is 6.29. The smallest absolute Gasteiger partial charge is 0.207 e. The molecule has 2 aromatic rings. The van der Waals surface area contributed by atoms with E-state index in [2.05, 4.69) is 15.0 Å². The number of alkyl halides is 1. The molecule has 3 heterocycles. The average Bonchev–Trinajstić information content (AvgIpc) is 2.90. The maximum atomic E-state index is 14.1. The number of nitrogens with zero attached hydrogens (tertiary/aromatic N) is 4. The number of nitrogens with two attached hydrogens (primary N) is 1. The van der Waals surface area contributed by atoms with Gasteiger partial charge in [0.2, 0.25) is 5.28 Å². The molecule has 10 heteroatoms. The summed E-state index contributed by atoms with van der Waals surface area (Å²) >= 11 is 5.96. The summed E-state index contributed by atoms with van der Waals surface area (Å²) in [5, 5.41) is 18.6. The third-order valence-electron chi connectivity index (χ3n) is 3.19. The number of anilines is 1. The summed E-state index contributed by atoms with van der Waals surface area (Å²) in [6, 6.07) is 0. The largest absolute Gasteiger partial charge is 0.394 e. The highest BCUT2D eigenvalue weighted by Gasteiger charge is 2.46. The van der Waals surface area contributed by atoms with Gasteiger partial charge in [-0.1, -0.05) is 0 Å². The standard InChI is InChI=1S/C10H11ClFN5O3/c11-10-16-5-7(13)14-2-15-8(5)17(10)9-4(12)6(19)3(1-18)20-9/h2-4,6,9,18-19H,1H2,(H2,13,14,15)/t3-,4+,6-,9-/m1/s1. The van der Waals surface area contributed by atoms with Gasteiger partial charge in [0.1, 0.15) is 18.5 Å². The van der Waals surface area contributed by atoms with Crippen LogP contribution in [0.1, 0.15) is 6.23 Å². The summed E-state index contributed by atoms with van der Waals surface area (Å²) in [6.07, 6.45) is -4.33. The summed E-state index contributed by atoms with van der Waals surface area (Å²) < 4.78 is 20.6. The third-order valence-corrected chi connectivity index (χ3v) is 3.46. The van der Waals surface area contributed by atoms with Crippen molar-refractivity contribution in [3.8, 4) is 0 Å². The maximum Gasteiger partial charge on any atom is 0.207 e. The van der Waals surface area contributed by atoms with Crippen LogP contribution in [0.15, 0.2) is 6.33 Å². The maximum absolute atomic E-state index is 14.1. The Bertz CT molecular complexity index is 653. The molecule has 0 bridgehead atoms. The quantitative estimate of drug-likeness (QED) is 0.649. The number of nitrogen functional groups attached to an aromatic ring is 1. The molecule has 0 aromatic carbocycles. The van der Waals surface area contributed by atoms with Crippen LogP contribution in [0.25, 0.3) is 11.2 Å². The fraction of sp³-hybridized carbons (Fsp3) is 0.500. The Morgan fingerprint density at radius 3 is 2.90 bits per heavy atom. The number of ether oxygens (including phenoxy) is 1. The Hall–Kier alpha value is -1.55. The lowest BCUT2D eigenvalue weighted by atomic mass is 10.1. The molecule has 4 atom stereocenters. The normalized spacial score (nSPS) is 30.2. The Balaban J connectivity index is 2.11. The summed E-state index contributed by atoms with van der Waals surface area (Å²) in [6.45, 7) is -0.514. The molecule has 3 rings (SSSR count). The molecule has 0 saturated carbocycles. The molecule has 0 aliphatic carbocycles. The van der Waals surface area contributed by atoms with Crippen molar-refractivity contribution in [3.63, 3.8) is 0 Å². The third kappa shape index (κ3) is 1.82. The Labute approximate surface area is 117 Å². The van der Waals surface area contributed by atoms with Gasteiger partial charge in [-0.3, -0.25) is 4.57 Å². The minimum absolute atomic E-state index is 0.0920. The van der Waals surface area contributed by atoms with Gasteiger partial charge < -0.3 is 20.7 Å². The van der Waals surface area contributed by atoms with Crippen LogP contribution < -0.4 is 5.73 Å². The van der Waals surface area contributed by atoms with Crippen molar-refractivity contribution in [1.82, 2.24) is 19.5 Å². The zero-order valence-corrected chi connectivity index (χ0v) is 10.8. The van der Waals surface area contributed by atoms with Crippen LogP contribution in [0, 0.1) is 0 Å². The fourth-order valence-electron chi connectivity index (χ4n) is 2.19. The molecule has 108 valence electrons. The number of aliphatic hydroxyl groups excluding tert-OH is 2. The summed E-state index contributed by atoms with van der Waals surface area (Å²) in [7, 11) is 0. The molecule has 0 unspecified atom stereocenters. The van der Waals surface area contributed by atoms with E-state index in [-0.39, 0.29) is 22.3 Å². The average molecular weight is 304 g/mol. The lowest BCUT2D eigenvalue weighted by Gasteiger charge is -2.15. The van der Waals surface area contributed by atoms with E-state index in [0.29, 0.717) is 0 Å². The molecule has 1 aliphatic heterocycles. The summed E-state index contributed by atoms with van der Waals surface area (Å²) in [5.74, 6) is 0.100. The SMILES string of the molecule is Nc1ncnc2c1nc(Cl)n2[C@@H]1O[C@H](CO)[C@@H](O)[C@@H]1F. The van der Waals surface area contributed by atoms with Crippen LogP contribution in [0.2, 0.25) is 5.28 Å². The second kappa shape index (κ2) is 4.77. The van der Waals surface area contributed by atoms with Gasteiger partial charge in [0.05, 0.1) is 6.61 Å². The number of aromatic nitrogens is 4. The lowest BCUT2D eigenvalue weighted by molar-refractivity contribution is -0.0458. The van der Waals surface area contributed by atoms with Crippen molar-refractivity contribution in [3.05, 3.63) is 11.6 Å². The molecular formula is C10H11ClFN5O3.